The van der Waals surface area contributed by atoms with Crippen LogP contribution in [0.3, 0.4) is 0 Å². The third-order valence-corrected chi connectivity index (χ3v) is 1.85. The summed E-state index contributed by atoms with van der Waals surface area (Å²) in [6.45, 7) is 0. The van der Waals surface area contributed by atoms with Crippen LogP contribution >= 0.6 is 0 Å². The monoisotopic (exact) mass is 223 g/mol. The van der Waals surface area contributed by atoms with Gasteiger partial charge in [0, 0.05) is 4.91 Å². The summed E-state index contributed by atoms with van der Waals surface area (Å²) in [5.41, 5.74) is 8.31. The van der Waals surface area contributed by atoms with E-state index in [0.29, 0.717) is 0 Å². The number of azide groups is 1. The maximum Gasteiger partial charge on any atom is 0.337 e. The van der Waals surface area contributed by atoms with Crippen LogP contribution in [0.1, 0.15) is 10.4 Å². The SMILES string of the molecule is COC(=O)c1cc(N=[N+]=[N-])c(O)c(OC)c1. The van der Waals surface area contributed by atoms with Crippen molar-refractivity contribution < 1.29 is 19.4 Å². The third kappa shape index (κ3) is 2.15. The fourth-order valence-corrected chi connectivity index (χ4v) is 1.11. The minimum atomic E-state index is -0.618. The molecular formula is C9H9N3O4. The van der Waals surface area contributed by atoms with Gasteiger partial charge >= 0.3 is 5.97 Å². The lowest BCUT2D eigenvalue weighted by Crippen LogP contribution is -2.01. The van der Waals surface area contributed by atoms with Crippen LogP contribution in [0.5, 0.6) is 11.5 Å². The van der Waals surface area contributed by atoms with Crippen molar-refractivity contribution in [2.24, 2.45) is 5.11 Å². The number of phenolic OH excluding ortho intramolecular Hbond substituents is 1. The van der Waals surface area contributed by atoms with E-state index in [2.05, 4.69) is 14.8 Å². The molecule has 7 heteroatoms. The summed E-state index contributed by atoms with van der Waals surface area (Å²) in [7, 11) is 2.53. The van der Waals surface area contributed by atoms with Crippen LogP contribution in [0.2, 0.25) is 0 Å². The fraction of sp³-hybridized carbons (Fsp3) is 0.222. The molecule has 1 aromatic rings. The van der Waals surface area contributed by atoms with Gasteiger partial charge in [0.25, 0.3) is 0 Å². The largest absolute Gasteiger partial charge is 0.504 e. The Morgan fingerprint density at radius 2 is 2.19 bits per heavy atom. The summed E-state index contributed by atoms with van der Waals surface area (Å²) >= 11 is 0. The predicted molar refractivity (Wildman–Crippen MR) is 54.8 cm³/mol. The molecular weight excluding hydrogens is 214 g/mol. The molecule has 1 aromatic carbocycles. The molecule has 0 saturated carbocycles. The summed E-state index contributed by atoms with van der Waals surface area (Å²) in [5, 5.41) is 12.8. The average molecular weight is 223 g/mol. The number of benzene rings is 1. The zero-order valence-electron chi connectivity index (χ0n) is 8.67. The van der Waals surface area contributed by atoms with Crippen molar-refractivity contribution in [3.8, 4) is 11.5 Å². The molecule has 0 spiro atoms. The molecule has 0 bridgehead atoms. The van der Waals surface area contributed by atoms with Gasteiger partial charge in [-0.3, -0.25) is 0 Å². The number of ether oxygens (including phenoxy) is 2. The van der Waals surface area contributed by atoms with E-state index in [1.165, 1.54) is 26.4 Å². The van der Waals surface area contributed by atoms with Gasteiger partial charge in [0.05, 0.1) is 25.5 Å². The van der Waals surface area contributed by atoms with Gasteiger partial charge in [-0.25, -0.2) is 4.79 Å². The van der Waals surface area contributed by atoms with Gasteiger partial charge in [-0.15, -0.1) is 0 Å². The first kappa shape index (κ1) is 11.7. The van der Waals surface area contributed by atoms with Gasteiger partial charge in [-0.2, -0.15) is 0 Å². The highest BCUT2D eigenvalue weighted by molar-refractivity contribution is 5.91. The summed E-state index contributed by atoms with van der Waals surface area (Å²) in [6.07, 6.45) is 0. The first-order valence-corrected chi connectivity index (χ1v) is 4.18. The molecule has 0 saturated heterocycles. The van der Waals surface area contributed by atoms with E-state index in [1.807, 2.05) is 0 Å². The third-order valence-electron chi connectivity index (χ3n) is 1.85. The number of aromatic hydroxyl groups is 1. The average Bonchev–Trinajstić information content (AvgIpc) is 2.31. The molecule has 1 N–H and O–H groups in total. The second-order valence-electron chi connectivity index (χ2n) is 2.73. The van der Waals surface area contributed by atoms with E-state index < -0.39 is 5.97 Å². The first-order valence-electron chi connectivity index (χ1n) is 4.18. The molecule has 0 amide bonds. The lowest BCUT2D eigenvalue weighted by molar-refractivity contribution is 0.0600. The summed E-state index contributed by atoms with van der Waals surface area (Å²) in [6, 6.07) is 2.50. The van der Waals surface area contributed by atoms with Crippen LogP contribution in [0.25, 0.3) is 10.4 Å². The minimum absolute atomic E-state index is 0.0327. The van der Waals surface area contributed by atoms with E-state index in [9.17, 15) is 9.90 Å². The highest BCUT2D eigenvalue weighted by Crippen LogP contribution is 2.37. The van der Waals surface area contributed by atoms with E-state index in [0.717, 1.165) is 0 Å². The van der Waals surface area contributed by atoms with Crippen LogP contribution < -0.4 is 4.74 Å². The molecule has 0 aliphatic rings. The number of methoxy groups -OCH3 is 2. The van der Waals surface area contributed by atoms with Crippen LogP contribution in [0, 0.1) is 0 Å². The Kier molecular flexibility index (Phi) is 3.58. The summed E-state index contributed by atoms with van der Waals surface area (Å²) < 4.78 is 9.32. The van der Waals surface area contributed by atoms with Crippen molar-refractivity contribution in [3.05, 3.63) is 28.1 Å². The van der Waals surface area contributed by atoms with E-state index in [-0.39, 0.29) is 22.7 Å². The number of carbonyl (C=O) groups excluding carboxylic acids is 1. The Morgan fingerprint density at radius 3 is 2.69 bits per heavy atom. The topological polar surface area (TPSA) is 105 Å². The van der Waals surface area contributed by atoms with Crippen molar-refractivity contribution in [1.82, 2.24) is 0 Å². The molecule has 0 heterocycles. The van der Waals surface area contributed by atoms with Crippen molar-refractivity contribution in [3.63, 3.8) is 0 Å². The van der Waals surface area contributed by atoms with E-state index >= 15 is 0 Å². The fourth-order valence-electron chi connectivity index (χ4n) is 1.11. The molecule has 0 radical (unpaired) electrons. The van der Waals surface area contributed by atoms with Gasteiger partial charge in [-0.05, 0) is 17.7 Å². The number of nitrogens with zero attached hydrogens (tertiary/aromatic N) is 3. The molecule has 1 rings (SSSR count). The molecule has 84 valence electrons. The molecule has 0 aliphatic heterocycles. The molecule has 0 atom stereocenters. The van der Waals surface area contributed by atoms with Gasteiger partial charge < -0.3 is 14.6 Å². The number of phenols is 1. The predicted octanol–water partition coefficient (Wildman–Crippen LogP) is 2.13. The number of hydrogen-bond donors (Lipinski definition) is 1. The first-order chi connectivity index (χ1) is 7.63. The summed E-state index contributed by atoms with van der Waals surface area (Å²) in [5.74, 6) is -0.911. The molecule has 0 aromatic heterocycles. The summed E-state index contributed by atoms with van der Waals surface area (Å²) in [4.78, 5) is 13.8. The normalized spacial score (nSPS) is 9.12. The van der Waals surface area contributed by atoms with Crippen molar-refractivity contribution in [1.29, 1.82) is 0 Å². The van der Waals surface area contributed by atoms with Crippen molar-refractivity contribution in [2.45, 2.75) is 0 Å². The highest BCUT2D eigenvalue weighted by Gasteiger charge is 2.14. The number of hydrogen-bond acceptors (Lipinski definition) is 5. The van der Waals surface area contributed by atoms with Crippen LogP contribution in [-0.4, -0.2) is 25.3 Å². The number of esters is 1. The Bertz CT molecular complexity index is 466. The van der Waals surface area contributed by atoms with Gasteiger partial charge in [0.1, 0.15) is 0 Å². The minimum Gasteiger partial charge on any atom is -0.504 e. The maximum absolute atomic E-state index is 11.3. The quantitative estimate of drug-likeness (QED) is 0.366. The van der Waals surface area contributed by atoms with E-state index in [1.54, 1.807) is 0 Å². The van der Waals surface area contributed by atoms with Crippen LogP contribution in [-0.2, 0) is 4.74 Å². The molecule has 0 aliphatic carbocycles. The van der Waals surface area contributed by atoms with E-state index in [4.69, 9.17) is 10.3 Å². The standard InChI is InChI=1S/C9H9N3O4/c1-15-7-4-5(9(14)16-2)3-6(8(7)13)11-12-10/h3-4,13H,1-2H3. The smallest absolute Gasteiger partial charge is 0.337 e. The van der Waals surface area contributed by atoms with Crippen LogP contribution in [0.15, 0.2) is 17.2 Å². The van der Waals surface area contributed by atoms with Crippen molar-refractivity contribution >= 4 is 11.7 Å². The molecule has 16 heavy (non-hydrogen) atoms. The molecule has 0 fully saturated rings. The second kappa shape index (κ2) is 4.90. The lowest BCUT2D eigenvalue weighted by atomic mass is 10.1. The highest BCUT2D eigenvalue weighted by atomic mass is 16.5. The zero-order chi connectivity index (χ0) is 12.1. The Hall–Kier alpha value is -2.40. The van der Waals surface area contributed by atoms with Crippen molar-refractivity contribution in [2.75, 3.05) is 14.2 Å². The Morgan fingerprint density at radius 1 is 1.50 bits per heavy atom. The molecule has 0 unspecified atom stereocenters. The zero-order valence-corrected chi connectivity index (χ0v) is 8.67. The van der Waals surface area contributed by atoms with Gasteiger partial charge in [-0.1, -0.05) is 5.11 Å². The van der Waals surface area contributed by atoms with Gasteiger partial charge in [0.2, 0.25) is 0 Å². The Balaban J connectivity index is 3.39. The molecule has 7 nitrogen and oxygen atoms in total. The Labute approximate surface area is 90.8 Å². The number of rotatable bonds is 3. The van der Waals surface area contributed by atoms with Crippen LogP contribution in [0.4, 0.5) is 5.69 Å². The van der Waals surface area contributed by atoms with Gasteiger partial charge in [0.15, 0.2) is 11.5 Å². The number of carbonyl (C=O) groups is 1. The lowest BCUT2D eigenvalue weighted by Gasteiger charge is -2.07. The second-order valence-corrected chi connectivity index (χ2v) is 2.73. The maximum atomic E-state index is 11.3.